The van der Waals surface area contributed by atoms with Crippen LogP contribution in [0.2, 0.25) is 0 Å². The van der Waals surface area contributed by atoms with Crippen LogP contribution in [0.5, 0.6) is 0 Å². The van der Waals surface area contributed by atoms with E-state index < -0.39 is 0 Å². The van der Waals surface area contributed by atoms with E-state index in [1.165, 1.54) is 0 Å². The minimum absolute atomic E-state index is 0.629. The van der Waals surface area contributed by atoms with Crippen LogP contribution in [0.15, 0.2) is 24.5 Å². The molecule has 0 unspecified atom stereocenters. The number of aldehydes is 1. The number of carbonyl (C=O) groups is 1. The van der Waals surface area contributed by atoms with E-state index in [4.69, 9.17) is 0 Å². The van der Waals surface area contributed by atoms with Crippen LogP contribution < -0.4 is 0 Å². The maximum Gasteiger partial charge on any atom is 0.151 e. The van der Waals surface area contributed by atoms with Crippen molar-refractivity contribution in [1.29, 1.82) is 0 Å². The van der Waals surface area contributed by atoms with Gasteiger partial charge in [-0.15, -0.1) is 0 Å². The van der Waals surface area contributed by atoms with Crippen LogP contribution in [0.3, 0.4) is 0 Å². The number of rotatable bonds is 3. The Morgan fingerprint density at radius 2 is 2.16 bits per heavy atom. The molecule has 0 atom stereocenters. The molecule has 0 saturated carbocycles. The highest BCUT2D eigenvalue weighted by atomic mass is 16.1. The molecule has 0 aliphatic rings. The van der Waals surface area contributed by atoms with Crippen molar-refractivity contribution < 1.29 is 4.79 Å². The number of carbonyl (C=O) groups excluding carboxylic acids is 1. The number of aromatic nitrogens is 4. The zero-order valence-corrected chi connectivity index (χ0v) is 10.8. The van der Waals surface area contributed by atoms with E-state index in [1.807, 2.05) is 23.6 Å². The van der Waals surface area contributed by atoms with Gasteiger partial charge in [0, 0.05) is 30.1 Å². The summed E-state index contributed by atoms with van der Waals surface area (Å²) in [5, 5.41) is 0. The van der Waals surface area contributed by atoms with Crippen LogP contribution in [0.25, 0.3) is 17.0 Å². The van der Waals surface area contributed by atoms with E-state index >= 15 is 0 Å². The summed E-state index contributed by atoms with van der Waals surface area (Å²) in [5.41, 5.74) is 4.13. The van der Waals surface area contributed by atoms with Crippen LogP contribution in [0.1, 0.15) is 28.8 Å². The van der Waals surface area contributed by atoms with Gasteiger partial charge in [-0.25, -0.2) is 9.97 Å². The summed E-state index contributed by atoms with van der Waals surface area (Å²) in [5.74, 6) is 0.957. The topological polar surface area (TPSA) is 63.1 Å². The van der Waals surface area contributed by atoms with Crippen molar-refractivity contribution in [1.82, 2.24) is 19.4 Å². The van der Waals surface area contributed by atoms with E-state index in [0.717, 1.165) is 41.3 Å². The van der Waals surface area contributed by atoms with E-state index in [9.17, 15) is 4.79 Å². The largest absolute Gasteiger partial charge is 0.346 e. The Morgan fingerprint density at radius 1 is 1.32 bits per heavy atom. The number of hydrogen-bond donors (Lipinski definition) is 1. The smallest absolute Gasteiger partial charge is 0.151 e. The number of pyridine rings is 1. The third kappa shape index (κ3) is 1.93. The van der Waals surface area contributed by atoms with Crippen LogP contribution in [-0.2, 0) is 6.42 Å². The first-order valence-electron chi connectivity index (χ1n) is 6.21. The second-order valence-electron chi connectivity index (χ2n) is 4.48. The second-order valence-corrected chi connectivity index (χ2v) is 4.48. The van der Waals surface area contributed by atoms with Crippen LogP contribution >= 0.6 is 0 Å². The first-order chi connectivity index (χ1) is 9.21. The minimum Gasteiger partial charge on any atom is -0.346 e. The number of nitrogens with zero attached hydrogens (tertiary/aromatic N) is 3. The van der Waals surface area contributed by atoms with Crippen molar-refractivity contribution >= 4 is 11.9 Å². The molecule has 5 heteroatoms. The number of H-pyrrole nitrogens is 1. The van der Waals surface area contributed by atoms with Gasteiger partial charge < -0.3 is 9.38 Å². The van der Waals surface area contributed by atoms with E-state index in [1.54, 1.807) is 12.3 Å². The number of hydrogen-bond acceptors (Lipinski definition) is 3. The fraction of sp³-hybridized carbons (Fsp3) is 0.214. The minimum atomic E-state index is 0.629. The molecule has 0 spiro atoms. The monoisotopic (exact) mass is 254 g/mol. The Bertz CT molecular complexity index is 754. The van der Waals surface area contributed by atoms with Crippen LogP contribution in [-0.4, -0.2) is 25.6 Å². The number of nitrogens with one attached hydrogen (secondary N) is 1. The molecule has 3 rings (SSSR count). The van der Waals surface area contributed by atoms with E-state index in [2.05, 4.69) is 21.9 Å². The average molecular weight is 254 g/mol. The molecule has 96 valence electrons. The van der Waals surface area contributed by atoms with Crippen molar-refractivity contribution in [3.05, 3.63) is 41.6 Å². The molecule has 0 aromatic carbocycles. The SMILES string of the molecule is CCc1nc(-c2cn3cc(C=O)ccc3n2)c(C)[nH]1. The standard InChI is InChI=1S/C14H14N4O/c1-3-12-15-9(2)14(17-12)11-7-18-6-10(8-19)4-5-13(18)16-11/h4-8H,3H2,1-2H3,(H,15,17). The normalized spacial score (nSPS) is 11.1. The van der Waals surface area contributed by atoms with Crippen molar-refractivity contribution in [2.45, 2.75) is 20.3 Å². The molecule has 3 aromatic rings. The van der Waals surface area contributed by atoms with Gasteiger partial charge >= 0.3 is 0 Å². The highest BCUT2D eigenvalue weighted by Crippen LogP contribution is 2.21. The third-order valence-corrected chi connectivity index (χ3v) is 3.12. The second kappa shape index (κ2) is 4.35. The first-order valence-corrected chi connectivity index (χ1v) is 6.21. The maximum absolute atomic E-state index is 10.8. The number of imidazole rings is 2. The fourth-order valence-corrected chi connectivity index (χ4v) is 2.13. The number of fused-ring (bicyclic) bond motifs is 1. The fourth-order valence-electron chi connectivity index (χ4n) is 2.13. The molecule has 0 bridgehead atoms. The maximum atomic E-state index is 10.8. The summed E-state index contributed by atoms with van der Waals surface area (Å²) < 4.78 is 1.85. The molecule has 0 aliphatic heterocycles. The van der Waals surface area contributed by atoms with Gasteiger partial charge in [-0.05, 0) is 19.1 Å². The van der Waals surface area contributed by atoms with Gasteiger partial charge in [-0.1, -0.05) is 6.92 Å². The molecule has 0 saturated heterocycles. The van der Waals surface area contributed by atoms with Crippen LogP contribution in [0.4, 0.5) is 0 Å². The predicted molar refractivity (Wildman–Crippen MR) is 72.3 cm³/mol. The number of aromatic amines is 1. The molecule has 0 fully saturated rings. The highest BCUT2D eigenvalue weighted by Gasteiger charge is 2.11. The average Bonchev–Trinajstić information content (AvgIpc) is 3.00. The zero-order valence-electron chi connectivity index (χ0n) is 10.8. The lowest BCUT2D eigenvalue weighted by molar-refractivity contribution is 0.112. The Hall–Kier alpha value is -2.43. The highest BCUT2D eigenvalue weighted by molar-refractivity contribution is 5.75. The molecule has 0 amide bonds. The molecular formula is C14H14N4O. The molecule has 0 radical (unpaired) electrons. The van der Waals surface area contributed by atoms with Crippen molar-refractivity contribution in [3.8, 4) is 11.4 Å². The summed E-state index contributed by atoms with van der Waals surface area (Å²) in [4.78, 5) is 23.1. The Morgan fingerprint density at radius 3 is 2.84 bits per heavy atom. The lowest BCUT2D eigenvalue weighted by Crippen LogP contribution is -1.86. The summed E-state index contributed by atoms with van der Waals surface area (Å²) in [7, 11) is 0. The molecule has 19 heavy (non-hydrogen) atoms. The molecule has 5 nitrogen and oxygen atoms in total. The first kappa shape index (κ1) is 11.6. The Balaban J connectivity index is 2.14. The van der Waals surface area contributed by atoms with Gasteiger partial charge in [0.1, 0.15) is 22.9 Å². The van der Waals surface area contributed by atoms with E-state index in [0.29, 0.717) is 5.56 Å². The van der Waals surface area contributed by atoms with Gasteiger partial charge in [0.15, 0.2) is 6.29 Å². The van der Waals surface area contributed by atoms with E-state index in [-0.39, 0.29) is 0 Å². The summed E-state index contributed by atoms with van der Waals surface area (Å²) in [6.45, 7) is 4.05. The van der Waals surface area contributed by atoms with Gasteiger partial charge in [0.2, 0.25) is 0 Å². The van der Waals surface area contributed by atoms with Gasteiger partial charge in [-0.3, -0.25) is 4.79 Å². The quantitative estimate of drug-likeness (QED) is 0.730. The van der Waals surface area contributed by atoms with Crippen molar-refractivity contribution in [2.24, 2.45) is 0 Å². The molecule has 0 aliphatic carbocycles. The summed E-state index contributed by atoms with van der Waals surface area (Å²) in [6.07, 6.45) is 5.35. The van der Waals surface area contributed by atoms with Crippen molar-refractivity contribution in [2.75, 3.05) is 0 Å². The van der Waals surface area contributed by atoms with Crippen molar-refractivity contribution in [3.63, 3.8) is 0 Å². The third-order valence-electron chi connectivity index (χ3n) is 3.12. The Kier molecular flexibility index (Phi) is 2.67. The number of aryl methyl sites for hydroxylation is 2. The lowest BCUT2D eigenvalue weighted by Gasteiger charge is -1.92. The van der Waals surface area contributed by atoms with Crippen LogP contribution in [0, 0.1) is 6.92 Å². The van der Waals surface area contributed by atoms with Gasteiger partial charge in [0.25, 0.3) is 0 Å². The zero-order chi connectivity index (χ0) is 13.4. The lowest BCUT2D eigenvalue weighted by atomic mass is 10.3. The summed E-state index contributed by atoms with van der Waals surface area (Å²) >= 11 is 0. The molecule has 1 N–H and O–H groups in total. The van der Waals surface area contributed by atoms with Gasteiger partial charge in [-0.2, -0.15) is 0 Å². The summed E-state index contributed by atoms with van der Waals surface area (Å²) in [6, 6.07) is 3.59. The molecule has 3 heterocycles. The Labute approximate surface area is 110 Å². The van der Waals surface area contributed by atoms with Gasteiger partial charge in [0.05, 0.1) is 0 Å². The molecular weight excluding hydrogens is 240 g/mol. The molecule has 3 aromatic heterocycles. The predicted octanol–water partition coefficient (Wildman–Crippen LogP) is 2.41.